The number of aliphatic imine (C=N–C) groups is 1. The molecule has 154 valence electrons. The quantitative estimate of drug-likeness (QED) is 0.242. The maximum absolute atomic E-state index is 4.44. The first-order valence-electron chi connectivity index (χ1n) is 10.3. The van der Waals surface area contributed by atoms with E-state index in [-0.39, 0.29) is 131 Å². The molecule has 0 aromatic carbocycles. The topological polar surface area (TPSA) is 12.4 Å². The van der Waals surface area contributed by atoms with Crippen LogP contribution in [0, 0.1) is 5.92 Å². The van der Waals surface area contributed by atoms with Crippen LogP contribution < -0.4 is 0 Å². The molecule has 0 aromatic rings. The van der Waals surface area contributed by atoms with E-state index in [1.165, 1.54) is 24.1 Å². The molecule has 5 heteroatoms. The first-order chi connectivity index (χ1) is 11.4. The van der Waals surface area contributed by atoms with Crippen LogP contribution >= 0.6 is 0 Å². The second kappa shape index (κ2) is 63.0. The van der Waals surface area contributed by atoms with E-state index in [4.69, 9.17) is 0 Å². The summed E-state index contributed by atoms with van der Waals surface area (Å²) < 4.78 is 0. The van der Waals surface area contributed by atoms with E-state index in [1.54, 1.807) is 0 Å². The van der Waals surface area contributed by atoms with E-state index < -0.39 is 0 Å². The Bertz CT molecular complexity index is 263. The molecule has 0 saturated carbocycles. The normalized spacial score (nSPS) is 13.1. The van der Waals surface area contributed by atoms with Crippen molar-refractivity contribution in [3.8, 4) is 0 Å². The summed E-state index contributed by atoms with van der Waals surface area (Å²) in [6, 6.07) is 0. The molecule has 0 N–H and O–H groups in total. The van der Waals surface area contributed by atoms with Gasteiger partial charge in [-0.3, -0.25) is 4.99 Å². The maximum atomic E-state index is 4.44. The smallest absolute Gasteiger partial charge is 0.0462 e. The Kier molecular flexibility index (Phi) is 134. The molecule has 0 aromatic heterocycles. The Balaban J connectivity index is -0.0000000255. The van der Waals surface area contributed by atoms with Crippen LogP contribution in [0.2, 0.25) is 0 Å². The van der Waals surface area contributed by atoms with E-state index in [1.807, 2.05) is 83.1 Å². The van der Waals surface area contributed by atoms with E-state index in [0.29, 0.717) is 0 Å². The summed E-state index contributed by atoms with van der Waals surface area (Å²) in [5.41, 5.74) is 2.69. The molecule has 0 saturated heterocycles. The standard InChI is InChI=1S/C10H13N.6C2H6.4Y/c1-8-4-2-5-9-6-3-7-11-10(8)9;6*1-2;;;;/h2,4,7,9H,3,5-6H2,1H3;6*1-2H3;;;;. The van der Waals surface area contributed by atoms with Gasteiger partial charge in [-0.25, -0.2) is 0 Å². The van der Waals surface area contributed by atoms with Crippen molar-refractivity contribution < 1.29 is 131 Å². The van der Waals surface area contributed by atoms with Gasteiger partial charge in [0.2, 0.25) is 0 Å². The zero-order valence-electron chi connectivity index (χ0n) is 21.2. The van der Waals surface area contributed by atoms with Crippen LogP contribution in [0.4, 0.5) is 0 Å². The second-order valence-corrected chi connectivity index (χ2v) is 3.29. The third-order valence-corrected chi connectivity index (χ3v) is 2.45. The average Bonchev–Trinajstić information content (AvgIpc) is 2.72. The Morgan fingerprint density at radius 3 is 1.41 bits per heavy atom. The van der Waals surface area contributed by atoms with Crippen LogP contribution in [0.15, 0.2) is 28.4 Å². The predicted molar refractivity (Wildman–Crippen MR) is 116 cm³/mol. The number of allylic oxidation sites excluding steroid dienone is 4. The monoisotopic (exact) mass is 683 g/mol. The first-order valence-corrected chi connectivity index (χ1v) is 10.3. The summed E-state index contributed by atoms with van der Waals surface area (Å²) in [7, 11) is 0. The van der Waals surface area contributed by atoms with Crippen molar-refractivity contribution in [2.24, 2.45) is 10.9 Å². The van der Waals surface area contributed by atoms with Gasteiger partial charge >= 0.3 is 0 Å². The Hall–Kier alpha value is 3.57. The molecule has 1 aliphatic carbocycles. The molecule has 0 spiro atoms. The minimum absolute atomic E-state index is 0. The van der Waals surface area contributed by atoms with Crippen LogP contribution in [0.3, 0.4) is 0 Å². The van der Waals surface area contributed by atoms with Crippen LogP contribution in [-0.2, 0) is 131 Å². The maximum Gasteiger partial charge on any atom is 0.0462 e. The fourth-order valence-corrected chi connectivity index (χ4v) is 1.83. The van der Waals surface area contributed by atoms with Crippen LogP contribution in [-0.4, -0.2) is 6.21 Å². The molecular weight excluding hydrogens is 634 g/mol. The Morgan fingerprint density at radius 2 is 1.07 bits per heavy atom. The Morgan fingerprint density at radius 1 is 0.704 bits per heavy atom. The van der Waals surface area contributed by atoms with Crippen molar-refractivity contribution in [2.45, 2.75) is 109 Å². The largest absolute Gasteiger partial charge is 0.265 e. The molecule has 0 bridgehead atoms. The van der Waals surface area contributed by atoms with E-state index in [0.717, 1.165) is 12.3 Å². The van der Waals surface area contributed by atoms with Gasteiger partial charge in [0.15, 0.2) is 0 Å². The molecule has 2 aliphatic rings. The molecule has 1 nitrogen and oxygen atoms in total. The fraction of sp³-hybridized carbons (Fsp3) is 0.773. The first kappa shape index (κ1) is 57.4. The van der Waals surface area contributed by atoms with Crippen molar-refractivity contribution in [1.82, 2.24) is 0 Å². The molecule has 2 rings (SSSR count). The van der Waals surface area contributed by atoms with Gasteiger partial charge in [0.25, 0.3) is 0 Å². The number of hydrogen-bond donors (Lipinski definition) is 0. The summed E-state index contributed by atoms with van der Waals surface area (Å²) in [5.74, 6) is 0.727. The van der Waals surface area contributed by atoms with Crippen LogP contribution in [0.1, 0.15) is 109 Å². The van der Waals surface area contributed by atoms with Crippen molar-refractivity contribution in [2.75, 3.05) is 0 Å². The molecule has 0 fully saturated rings. The van der Waals surface area contributed by atoms with Gasteiger partial charge < -0.3 is 0 Å². The van der Waals surface area contributed by atoms with Gasteiger partial charge in [-0.2, -0.15) is 0 Å². The number of nitrogens with zero attached hydrogens (tertiary/aromatic N) is 1. The number of rotatable bonds is 0. The van der Waals surface area contributed by atoms with Crippen molar-refractivity contribution >= 4 is 6.21 Å². The molecule has 1 unspecified atom stereocenters. The van der Waals surface area contributed by atoms with Gasteiger partial charge in [-0.05, 0) is 31.8 Å². The Labute approximate surface area is 275 Å². The van der Waals surface area contributed by atoms with Crippen LogP contribution in [0.25, 0.3) is 0 Å². The van der Waals surface area contributed by atoms with E-state index in [9.17, 15) is 0 Å². The zero-order chi connectivity index (χ0) is 19.7. The van der Waals surface area contributed by atoms with Gasteiger partial charge in [0.1, 0.15) is 0 Å². The summed E-state index contributed by atoms with van der Waals surface area (Å²) in [6.45, 7) is 26.2. The SMILES string of the molecule is CC.CC.CC.CC.CC.CC.CC1=C2N=CCCC2CC=C1.[Y].[Y].[Y].[Y]. The van der Waals surface area contributed by atoms with E-state index >= 15 is 0 Å². The minimum Gasteiger partial charge on any atom is -0.265 e. The number of hydrogen-bond acceptors (Lipinski definition) is 1. The van der Waals surface area contributed by atoms with Gasteiger partial charge in [-0.1, -0.05) is 95.2 Å². The van der Waals surface area contributed by atoms with Gasteiger partial charge in [0.05, 0.1) is 0 Å². The van der Waals surface area contributed by atoms with Crippen molar-refractivity contribution in [3.63, 3.8) is 0 Å². The molecule has 1 atom stereocenters. The zero-order valence-corrected chi connectivity index (χ0v) is 32.5. The van der Waals surface area contributed by atoms with Crippen LogP contribution in [0.5, 0.6) is 0 Å². The summed E-state index contributed by atoms with van der Waals surface area (Å²) >= 11 is 0. The summed E-state index contributed by atoms with van der Waals surface area (Å²) in [5, 5.41) is 0. The fourth-order valence-electron chi connectivity index (χ4n) is 1.83. The minimum atomic E-state index is 0. The predicted octanol–water partition coefficient (Wildman–Crippen LogP) is 8.85. The third kappa shape index (κ3) is 37.2. The molecule has 1 heterocycles. The van der Waals surface area contributed by atoms with Gasteiger partial charge in [0, 0.05) is 149 Å². The molecule has 0 amide bonds. The summed E-state index contributed by atoms with van der Waals surface area (Å²) in [4.78, 5) is 4.44. The molecule has 27 heavy (non-hydrogen) atoms. The molecule has 4 radical (unpaired) electrons. The second-order valence-electron chi connectivity index (χ2n) is 3.29. The van der Waals surface area contributed by atoms with Crippen molar-refractivity contribution in [1.29, 1.82) is 0 Å². The van der Waals surface area contributed by atoms with Gasteiger partial charge in [-0.15, -0.1) is 0 Å². The molecule has 1 aliphatic heterocycles. The van der Waals surface area contributed by atoms with Crippen molar-refractivity contribution in [3.05, 3.63) is 23.4 Å². The third-order valence-electron chi connectivity index (χ3n) is 2.45. The molecular formula is C22H49NY4. The number of fused-ring (bicyclic) bond motifs is 1. The summed E-state index contributed by atoms with van der Waals surface area (Å²) in [6.07, 6.45) is 10.2. The average molecular weight is 683 g/mol. The van der Waals surface area contributed by atoms with E-state index in [2.05, 4.69) is 30.3 Å².